The summed E-state index contributed by atoms with van der Waals surface area (Å²) in [6.07, 6.45) is 1.73. The molecule has 3 heteroatoms. The van der Waals surface area contributed by atoms with Gasteiger partial charge in [-0.25, -0.2) is 0 Å². The van der Waals surface area contributed by atoms with Gasteiger partial charge in [0.25, 0.3) is 0 Å². The summed E-state index contributed by atoms with van der Waals surface area (Å²) in [6, 6.07) is 2.49. The van der Waals surface area contributed by atoms with E-state index in [0.717, 1.165) is 16.8 Å². The Morgan fingerprint density at radius 1 is 1.33 bits per heavy atom. The van der Waals surface area contributed by atoms with Crippen LogP contribution in [0.25, 0.3) is 0 Å². The van der Waals surface area contributed by atoms with E-state index < -0.39 is 0 Å². The van der Waals surface area contributed by atoms with Crippen LogP contribution in [-0.2, 0) is 0 Å². The summed E-state index contributed by atoms with van der Waals surface area (Å²) in [7, 11) is 0. The van der Waals surface area contributed by atoms with Crippen LogP contribution in [0.15, 0.2) is 21.2 Å². The van der Waals surface area contributed by atoms with Crippen molar-refractivity contribution in [3.63, 3.8) is 0 Å². The first kappa shape index (κ1) is 12.8. The smallest absolute Gasteiger partial charge is 0.121 e. The van der Waals surface area contributed by atoms with E-state index in [-0.39, 0.29) is 0 Å². The SMILES string of the molecule is CC(C)NCC(C)C(C)c1occc1Br. The van der Waals surface area contributed by atoms with E-state index in [1.807, 2.05) is 6.07 Å². The first-order valence-corrected chi connectivity index (χ1v) is 6.28. The number of furan rings is 1. The van der Waals surface area contributed by atoms with Gasteiger partial charge in [-0.1, -0.05) is 27.7 Å². The second-order valence-electron chi connectivity index (χ2n) is 4.46. The van der Waals surface area contributed by atoms with Gasteiger partial charge in [0.1, 0.15) is 5.76 Å². The third-order valence-corrected chi connectivity index (χ3v) is 3.42. The first-order valence-electron chi connectivity index (χ1n) is 5.48. The first-order chi connectivity index (χ1) is 7.02. The number of rotatable bonds is 5. The molecule has 1 rings (SSSR count). The predicted octanol–water partition coefficient (Wildman–Crippen LogP) is 3.78. The van der Waals surface area contributed by atoms with Crippen LogP contribution in [0, 0.1) is 5.92 Å². The van der Waals surface area contributed by atoms with Gasteiger partial charge < -0.3 is 9.73 Å². The van der Waals surface area contributed by atoms with Crippen LogP contribution in [0.3, 0.4) is 0 Å². The number of nitrogens with one attached hydrogen (secondary N) is 1. The van der Waals surface area contributed by atoms with Crippen molar-refractivity contribution < 1.29 is 4.42 Å². The molecular weight excluding hydrogens is 254 g/mol. The molecule has 1 aromatic rings. The summed E-state index contributed by atoms with van der Waals surface area (Å²) >= 11 is 3.50. The molecule has 0 spiro atoms. The van der Waals surface area contributed by atoms with Crippen LogP contribution in [-0.4, -0.2) is 12.6 Å². The lowest BCUT2D eigenvalue weighted by atomic mass is 9.93. The highest BCUT2D eigenvalue weighted by molar-refractivity contribution is 9.10. The molecule has 0 bridgehead atoms. The molecule has 0 radical (unpaired) electrons. The van der Waals surface area contributed by atoms with Crippen molar-refractivity contribution in [1.29, 1.82) is 0 Å². The van der Waals surface area contributed by atoms with Gasteiger partial charge in [0.05, 0.1) is 10.7 Å². The highest BCUT2D eigenvalue weighted by Gasteiger charge is 2.19. The Morgan fingerprint density at radius 2 is 2.00 bits per heavy atom. The minimum atomic E-state index is 0.431. The molecule has 15 heavy (non-hydrogen) atoms. The minimum Gasteiger partial charge on any atom is -0.468 e. The van der Waals surface area contributed by atoms with Crippen molar-refractivity contribution in [2.75, 3.05) is 6.54 Å². The molecule has 1 heterocycles. The molecule has 1 N–H and O–H groups in total. The highest BCUT2D eigenvalue weighted by Crippen LogP contribution is 2.30. The normalized spacial score (nSPS) is 15.6. The van der Waals surface area contributed by atoms with Crippen LogP contribution in [0.1, 0.15) is 39.4 Å². The molecule has 0 aliphatic heterocycles. The van der Waals surface area contributed by atoms with Gasteiger partial charge in [0.2, 0.25) is 0 Å². The van der Waals surface area contributed by atoms with Crippen molar-refractivity contribution in [2.45, 2.75) is 39.7 Å². The molecule has 0 amide bonds. The summed E-state index contributed by atoms with van der Waals surface area (Å²) in [5.74, 6) is 2.04. The fraction of sp³-hybridized carbons (Fsp3) is 0.667. The van der Waals surface area contributed by atoms with Crippen molar-refractivity contribution in [2.24, 2.45) is 5.92 Å². The van der Waals surface area contributed by atoms with Gasteiger partial charge >= 0.3 is 0 Å². The molecule has 86 valence electrons. The van der Waals surface area contributed by atoms with Gasteiger partial charge in [-0.15, -0.1) is 0 Å². The Kier molecular flexibility index (Phi) is 4.87. The second kappa shape index (κ2) is 5.71. The third-order valence-electron chi connectivity index (χ3n) is 2.76. The van der Waals surface area contributed by atoms with Crippen molar-refractivity contribution in [3.8, 4) is 0 Å². The Bertz CT molecular complexity index is 296. The quantitative estimate of drug-likeness (QED) is 0.884. The second-order valence-corrected chi connectivity index (χ2v) is 5.32. The summed E-state index contributed by atoms with van der Waals surface area (Å²) in [5, 5.41) is 3.45. The Labute approximate surface area is 101 Å². The van der Waals surface area contributed by atoms with Crippen LogP contribution >= 0.6 is 15.9 Å². The van der Waals surface area contributed by atoms with Crippen LogP contribution in [0.5, 0.6) is 0 Å². The average molecular weight is 274 g/mol. The summed E-state index contributed by atoms with van der Waals surface area (Å²) in [4.78, 5) is 0. The zero-order valence-corrected chi connectivity index (χ0v) is 11.5. The van der Waals surface area contributed by atoms with Gasteiger partial charge in [-0.05, 0) is 34.5 Å². The highest BCUT2D eigenvalue weighted by atomic mass is 79.9. The summed E-state index contributed by atoms with van der Waals surface area (Å²) in [5.41, 5.74) is 0. The minimum absolute atomic E-state index is 0.431. The molecule has 0 saturated carbocycles. The third kappa shape index (κ3) is 3.65. The van der Waals surface area contributed by atoms with Gasteiger partial charge in [0.15, 0.2) is 0 Å². The lowest BCUT2D eigenvalue weighted by molar-refractivity contribution is 0.369. The van der Waals surface area contributed by atoms with Gasteiger partial charge in [0, 0.05) is 12.0 Å². The molecule has 0 fully saturated rings. The zero-order chi connectivity index (χ0) is 11.4. The number of hydrogen-bond acceptors (Lipinski definition) is 2. The van der Waals surface area contributed by atoms with E-state index in [0.29, 0.717) is 17.9 Å². The van der Waals surface area contributed by atoms with E-state index in [1.165, 1.54) is 0 Å². The van der Waals surface area contributed by atoms with Crippen molar-refractivity contribution in [3.05, 3.63) is 22.6 Å². The summed E-state index contributed by atoms with van der Waals surface area (Å²) < 4.78 is 6.55. The van der Waals surface area contributed by atoms with E-state index in [1.54, 1.807) is 6.26 Å². The molecule has 0 aliphatic carbocycles. The van der Waals surface area contributed by atoms with E-state index in [4.69, 9.17) is 4.42 Å². The lowest BCUT2D eigenvalue weighted by Crippen LogP contribution is -2.29. The molecule has 0 aromatic carbocycles. The standard InChI is InChI=1S/C12H20BrNO/c1-8(2)14-7-9(3)10(4)12-11(13)5-6-15-12/h5-6,8-10,14H,7H2,1-4H3. The van der Waals surface area contributed by atoms with E-state index in [2.05, 4.69) is 48.9 Å². The maximum atomic E-state index is 5.48. The maximum absolute atomic E-state index is 5.48. The molecule has 2 unspecified atom stereocenters. The molecule has 2 nitrogen and oxygen atoms in total. The fourth-order valence-electron chi connectivity index (χ4n) is 1.49. The van der Waals surface area contributed by atoms with Crippen LogP contribution in [0.4, 0.5) is 0 Å². The lowest BCUT2D eigenvalue weighted by Gasteiger charge is -2.20. The van der Waals surface area contributed by atoms with Crippen molar-refractivity contribution >= 4 is 15.9 Å². The fourth-order valence-corrected chi connectivity index (χ4v) is 2.05. The zero-order valence-electron chi connectivity index (χ0n) is 9.88. The van der Waals surface area contributed by atoms with Crippen molar-refractivity contribution in [1.82, 2.24) is 5.32 Å². The molecule has 0 aliphatic rings. The Balaban J connectivity index is 2.53. The molecular formula is C12H20BrNO. The average Bonchev–Trinajstić information content (AvgIpc) is 2.59. The van der Waals surface area contributed by atoms with E-state index >= 15 is 0 Å². The Hall–Kier alpha value is -0.280. The van der Waals surface area contributed by atoms with Gasteiger partial charge in [-0.3, -0.25) is 0 Å². The van der Waals surface area contributed by atoms with Gasteiger partial charge in [-0.2, -0.15) is 0 Å². The van der Waals surface area contributed by atoms with Crippen LogP contribution in [0.2, 0.25) is 0 Å². The van der Waals surface area contributed by atoms with Crippen LogP contribution < -0.4 is 5.32 Å². The number of halogens is 1. The maximum Gasteiger partial charge on any atom is 0.121 e. The predicted molar refractivity (Wildman–Crippen MR) is 67.1 cm³/mol. The molecule has 2 atom stereocenters. The summed E-state index contributed by atoms with van der Waals surface area (Å²) in [6.45, 7) is 9.80. The van der Waals surface area contributed by atoms with E-state index in [9.17, 15) is 0 Å². The largest absolute Gasteiger partial charge is 0.468 e. The number of hydrogen-bond donors (Lipinski definition) is 1. The molecule has 0 saturated heterocycles. The Morgan fingerprint density at radius 3 is 2.47 bits per heavy atom. The topological polar surface area (TPSA) is 25.2 Å². The molecule has 1 aromatic heterocycles. The monoisotopic (exact) mass is 273 g/mol.